The third-order valence-corrected chi connectivity index (χ3v) is 5.30. The number of para-hydroxylation sites is 1. The molecule has 0 aromatic heterocycles. The van der Waals surface area contributed by atoms with Gasteiger partial charge in [0.1, 0.15) is 0 Å². The molecule has 0 aliphatic rings. The number of anilines is 1. The van der Waals surface area contributed by atoms with E-state index in [1.807, 2.05) is 74.5 Å². The molecule has 0 unspecified atom stereocenters. The summed E-state index contributed by atoms with van der Waals surface area (Å²) in [4.78, 5) is 24.2. The molecule has 206 valence electrons. The molecular formula is C31H33Cl2NO4S. The van der Waals surface area contributed by atoms with Crippen molar-refractivity contribution in [3.8, 4) is 0 Å². The molecule has 0 radical (unpaired) electrons. The summed E-state index contributed by atoms with van der Waals surface area (Å²) in [5, 5.41) is 8.48. The molecule has 4 rings (SSSR count). The Balaban J connectivity index is 0.000000294. The molecule has 0 spiro atoms. The topological polar surface area (TPSA) is 74.7 Å². The Kier molecular flexibility index (Phi) is 16.1. The largest absolute Gasteiger partial charge is 0.478 e. The lowest BCUT2D eigenvalue weighted by Gasteiger charge is -2.17. The van der Waals surface area contributed by atoms with Crippen molar-refractivity contribution in [2.75, 3.05) is 11.9 Å². The van der Waals surface area contributed by atoms with Crippen LogP contribution in [0, 0.1) is 13.8 Å². The second kappa shape index (κ2) is 18.7. The summed E-state index contributed by atoms with van der Waals surface area (Å²) >= 11 is 0. The van der Waals surface area contributed by atoms with Crippen LogP contribution in [0.5, 0.6) is 0 Å². The Labute approximate surface area is 242 Å². The maximum absolute atomic E-state index is 12.2. The smallest absolute Gasteiger partial charge is 0.335 e. The second-order valence-corrected chi connectivity index (χ2v) is 10.8. The van der Waals surface area contributed by atoms with Crippen molar-refractivity contribution >= 4 is 48.2 Å². The number of carboxylic acids is 1. The van der Waals surface area contributed by atoms with E-state index in [4.69, 9.17) is 9.32 Å². The molecular weight excluding hydrogens is 553 g/mol. The number of hydrogen-bond acceptors (Lipinski definition) is 3. The monoisotopic (exact) mass is 585 g/mol. The number of amides is 1. The van der Waals surface area contributed by atoms with Crippen LogP contribution in [0.3, 0.4) is 0 Å². The summed E-state index contributed by atoms with van der Waals surface area (Å²) in [5.74, 6) is -0.865. The van der Waals surface area contributed by atoms with Crippen LogP contribution < -0.4 is 4.90 Å². The van der Waals surface area contributed by atoms with Gasteiger partial charge in [0.25, 0.3) is 5.91 Å². The van der Waals surface area contributed by atoms with E-state index in [0.29, 0.717) is 11.1 Å². The van der Waals surface area contributed by atoms with Crippen molar-refractivity contribution in [1.29, 1.82) is 0 Å². The van der Waals surface area contributed by atoms with E-state index in [0.717, 1.165) is 23.2 Å². The minimum atomic E-state index is -1.67. The van der Waals surface area contributed by atoms with Gasteiger partial charge < -0.3 is 10.0 Å². The van der Waals surface area contributed by atoms with Crippen molar-refractivity contribution in [2.45, 2.75) is 27.2 Å². The highest BCUT2D eigenvalue weighted by molar-refractivity contribution is 8.26. The first-order valence-electron chi connectivity index (χ1n) is 12.0. The maximum atomic E-state index is 12.2. The van der Waals surface area contributed by atoms with E-state index >= 15 is 0 Å². The molecule has 4 aromatic rings. The van der Waals surface area contributed by atoms with Crippen molar-refractivity contribution in [3.05, 3.63) is 137 Å². The quantitative estimate of drug-likeness (QED) is 0.244. The van der Waals surface area contributed by atoms with Gasteiger partial charge in [0, 0.05) is 39.7 Å². The number of nitrogens with zero attached hydrogens (tertiary/aromatic N) is 1. The zero-order chi connectivity index (χ0) is 29.2. The van der Waals surface area contributed by atoms with Gasteiger partial charge in [-0.15, -0.1) is 0 Å². The molecule has 0 saturated carbocycles. The van der Waals surface area contributed by atoms with Gasteiger partial charge in [0.15, 0.2) is 0 Å². The van der Waals surface area contributed by atoms with Crippen molar-refractivity contribution in [2.24, 2.45) is 0 Å². The van der Waals surface area contributed by atoms with Crippen molar-refractivity contribution < 1.29 is 18.9 Å². The number of rotatable bonds is 4. The summed E-state index contributed by atoms with van der Waals surface area (Å²) in [7, 11) is 9.15. The summed E-state index contributed by atoms with van der Waals surface area (Å²) in [6, 6.07) is 34.5. The van der Waals surface area contributed by atoms with Gasteiger partial charge in [-0.1, -0.05) is 90.8 Å². The highest BCUT2D eigenvalue weighted by atomic mass is 36.0. The fourth-order valence-electron chi connectivity index (χ4n) is 3.07. The van der Waals surface area contributed by atoms with Crippen LogP contribution in [0.4, 0.5) is 5.69 Å². The molecule has 0 aliphatic heterocycles. The molecule has 1 N–H and O–H groups in total. The first-order valence-corrected chi connectivity index (χ1v) is 14.8. The number of aryl methyl sites for hydroxylation is 3. The van der Waals surface area contributed by atoms with Crippen molar-refractivity contribution in [3.63, 3.8) is 0 Å². The van der Waals surface area contributed by atoms with Gasteiger partial charge in [-0.25, -0.2) is 9.00 Å². The molecule has 0 saturated heterocycles. The summed E-state index contributed by atoms with van der Waals surface area (Å²) in [6.07, 6.45) is 1.14. The second-order valence-electron chi connectivity index (χ2n) is 8.26. The summed E-state index contributed by atoms with van der Waals surface area (Å²) in [5.41, 5.74) is 5.59. The minimum Gasteiger partial charge on any atom is -0.478 e. The third-order valence-electron chi connectivity index (χ3n) is 5.30. The first-order chi connectivity index (χ1) is 18.5. The molecule has 39 heavy (non-hydrogen) atoms. The van der Waals surface area contributed by atoms with Crippen LogP contribution >= 0.6 is 21.4 Å². The third kappa shape index (κ3) is 14.3. The Morgan fingerprint density at radius 2 is 1.10 bits per heavy atom. The SMILES string of the molecule is CCc1ccccc1.Cc1ccc(C(=O)N(C)c2ccccc2)cc1.Cc1ccc(C(=O)O)cc1.O=S(Cl)Cl. The fraction of sp³-hybridized carbons (Fsp3) is 0.161. The van der Waals surface area contributed by atoms with E-state index in [-0.39, 0.29) is 5.91 Å². The number of hydrogen-bond donors (Lipinski definition) is 1. The van der Waals surface area contributed by atoms with Crippen LogP contribution in [-0.2, 0) is 15.6 Å². The van der Waals surface area contributed by atoms with Crippen LogP contribution in [-0.4, -0.2) is 28.2 Å². The number of aromatic carboxylic acids is 1. The molecule has 0 bridgehead atoms. The Morgan fingerprint density at radius 1 is 0.718 bits per heavy atom. The molecule has 0 fully saturated rings. The van der Waals surface area contributed by atoms with E-state index in [1.54, 1.807) is 36.2 Å². The van der Waals surface area contributed by atoms with E-state index in [9.17, 15) is 9.59 Å². The average molecular weight is 587 g/mol. The molecule has 8 heteroatoms. The summed E-state index contributed by atoms with van der Waals surface area (Å²) < 4.78 is 9.09. The van der Waals surface area contributed by atoms with Crippen LogP contribution in [0.2, 0.25) is 0 Å². The van der Waals surface area contributed by atoms with Crippen LogP contribution in [0.1, 0.15) is 44.3 Å². The lowest BCUT2D eigenvalue weighted by Crippen LogP contribution is -2.25. The first kappa shape index (κ1) is 33.6. The van der Waals surface area contributed by atoms with Gasteiger partial charge in [-0.05, 0) is 62.2 Å². The van der Waals surface area contributed by atoms with Gasteiger partial charge >= 0.3 is 5.97 Å². The number of carboxylic acid groups (broad SMARTS) is 1. The number of benzene rings is 4. The number of halogens is 2. The van der Waals surface area contributed by atoms with Gasteiger partial charge in [-0.3, -0.25) is 4.79 Å². The van der Waals surface area contributed by atoms with E-state index < -0.39 is 15.2 Å². The molecule has 1 amide bonds. The molecule has 4 aromatic carbocycles. The van der Waals surface area contributed by atoms with Gasteiger partial charge in [-0.2, -0.15) is 0 Å². The van der Waals surface area contributed by atoms with Crippen molar-refractivity contribution in [1.82, 2.24) is 0 Å². The highest BCUT2D eigenvalue weighted by Gasteiger charge is 2.12. The maximum Gasteiger partial charge on any atom is 0.335 e. The van der Waals surface area contributed by atoms with E-state index in [2.05, 4.69) is 52.6 Å². The Hall–Kier alpha value is -3.45. The normalized spacial score (nSPS) is 9.51. The highest BCUT2D eigenvalue weighted by Crippen LogP contribution is 2.15. The number of carbonyl (C=O) groups excluding carboxylic acids is 1. The Morgan fingerprint density at radius 3 is 1.46 bits per heavy atom. The molecule has 0 atom stereocenters. The van der Waals surface area contributed by atoms with Crippen LogP contribution in [0.25, 0.3) is 0 Å². The van der Waals surface area contributed by atoms with Gasteiger partial charge in [0.05, 0.1) is 5.56 Å². The van der Waals surface area contributed by atoms with Gasteiger partial charge in [0.2, 0.25) is 9.23 Å². The zero-order valence-electron chi connectivity index (χ0n) is 22.4. The zero-order valence-corrected chi connectivity index (χ0v) is 24.7. The summed E-state index contributed by atoms with van der Waals surface area (Å²) in [6.45, 7) is 6.09. The number of carbonyl (C=O) groups is 2. The van der Waals surface area contributed by atoms with Crippen LogP contribution in [0.15, 0.2) is 109 Å². The lowest BCUT2D eigenvalue weighted by atomic mass is 10.1. The minimum absolute atomic E-state index is 0.0104. The lowest BCUT2D eigenvalue weighted by molar-refractivity contribution is 0.0696. The Bertz CT molecular complexity index is 1280. The van der Waals surface area contributed by atoms with E-state index in [1.165, 1.54) is 5.56 Å². The predicted octanol–water partition coefficient (Wildman–Crippen LogP) is 8.26. The predicted molar refractivity (Wildman–Crippen MR) is 164 cm³/mol. The molecule has 0 heterocycles. The fourth-order valence-corrected chi connectivity index (χ4v) is 3.07. The molecule has 5 nitrogen and oxygen atoms in total. The standard InChI is InChI=1S/C15H15NO.C8H8O2.C8H10.Cl2OS/c1-12-8-10-13(11-9-12)15(17)16(2)14-6-4-3-5-7-14;1-6-2-4-7(5-3-6)8(9)10;1-2-8-6-4-3-5-7-8;1-4(2)3/h3-11H,1-2H3;2-5H,1H3,(H,9,10);3-7H,2H2,1H3;. The molecule has 0 aliphatic carbocycles. The average Bonchev–Trinajstić information content (AvgIpc) is 2.94.